The minimum atomic E-state index is 0.862. The van der Waals surface area contributed by atoms with Gasteiger partial charge in [0.1, 0.15) is 11.2 Å². The third-order valence-corrected chi connectivity index (χ3v) is 3.43. The molecule has 2 heterocycles. The van der Waals surface area contributed by atoms with Gasteiger partial charge in [0.2, 0.25) is 0 Å². The lowest BCUT2D eigenvalue weighted by Gasteiger charge is -1.94. The van der Waals surface area contributed by atoms with Crippen LogP contribution < -0.4 is 0 Å². The van der Waals surface area contributed by atoms with Crippen molar-refractivity contribution in [3.8, 4) is 0 Å². The molecule has 0 unspecified atom stereocenters. The molecule has 0 amide bonds. The quantitative estimate of drug-likeness (QED) is 0.495. The van der Waals surface area contributed by atoms with Gasteiger partial charge in [-0.2, -0.15) is 0 Å². The number of hydrogen-bond acceptors (Lipinski definition) is 3. The van der Waals surface area contributed by atoms with Gasteiger partial charge in [-0.15, -0.1) is 0 Å². The summed E-state index contributed by atoms with van der Waals surface area (Å²) in [6.07, 6.45) is 5.33. The molecule has 0 saturated heterocycles. The molecule has 3 nitrogen and oxygen atoms in total. The highest BCUT2D eigenvalue weighted by atomic mass is 16.3. The standard InChI is InChI=1S/C18H12N2O/c1-2-4-17-15(3-1)16-6-5-14(11-18(16)21-17)20-12-13-7-9-19-10-8-13/h1-12H. The molecular weight excluding hydrogens is 260 g/mol. The summed E-state index contributed by atoms with van der Waals surface area (Å²) in [5.74, 6) is 0. The van der Waals surface area contributed by atoms with Crippen molar-refractivity contribution < 1.29 is 4.42 Å². The smallest absolute Gasteiger partial charge is 0.137 e. The second-order valence-corrected chi connectivity index (χ2v) is 4.82. The number of fused-ring (bicyclic) bond motifs is 3. The topological polar surface area (TPSA) is 38.4 Å². The third kappa shape index (κ3) is 2.19. The number of rotatable bonds is 2. The van der Waals surface area contributed by atoms with E-state index in [1.165, 1.54) is 0 Å². The minimum absolute atomic E-state index is 0.862. The molecule has 0 spiro atoms. The van der Waals surface area contributed by atoms with Crippen LogP contribution in [0.15, 0.2) is 76.4 Å². The predicted molar refractivity (Wildman–Crippen MR) is 85.2 cm³/mol. The first-order valence-electron chi connectivity index (χ1n) is 6.75. The maximum absolute atomic E-state index is 5.86. The van der Waals surface area contributed by atoms with Crippen molar-refractivity contribution >= 4 is 33.8 Å². The normalized spacial score (nSPS) is 11.6. The Kier molecular flexibility index (Phi) is 2.75. The molecule has 2 aromatic heterocycles. The molecule has 0 aliphatic rings. The second-order valence-electron chi connectivity index (χ2n) is 4.82. The number of furan rings is 1. The number of benzene rings is 2. The van der Waals surface area contributed by atoms with Gasteiger partial charge in [-0.05, 0) is 35.9 Å². The van der Waals surface area contributed by atoms with Crippen LogP contribution in [0.1, 0.15) is 5.56 Å². The molecule has 0 atom stereocenters. The number of para-hydroxylation sites is 1. The summed E-state index contributed by atoms with van der Waals surface area (Å²) in [6.45, 7) is 0. The molecule has 0 saturated carbocycles. The maximum Gasteiger partial charge on any atom is 0.137 e. The average Bonchev–Trinajstić information content (AvgIpc) is 2.91. The minimum Gasteiger partial charge on any atom is -0.456 e. The van der Waals surface area contributed by atoms with Crippen LogP contribution in [0.5, 0.6) is 0 Å². The van der Waals surface area contributed by atoms with E-state index in [1.807, 2.05) is 48.7 Å². The van der Waals surface area contributed by atoms with Gasteiger partial charge in [0.05, 0.1) is 5.69 Å². The van der Waals surface area contributed by atoms with E-state index >= 15 is 0 Å². The Bertz CT molecular complexity index is 939. The predicted octanol–water partition coefficient (Wildman–Crippen LogP) is 4.73. The first kappa shape index (κ1) is 11.9. The fraction of sp³-hybridized carbons (Fsp3) is 0. The highest BCUT2D eigenvalue weighted by Crippen LogP contribution is 2.30. The molecule has 4 aromatic rings. The van der Waals surface area contributed by atoms with Gasteiger partial charge in [0.15, 0.2) is 0 Å². The molecule has 0 N–H and O–H groups in total. The summed E-state index contributed by atoms with van der Waals surface area (Å²) in [5.41, 5.74) is 3.66. The van der Waals surface area contributed by atoms with Crippen LogP contribution in [0.3, 0.4) is 0 Å². The van der Waals surface area contributed by atoms with Gasteiger partial charge in [0.25, 0.3) is 0 Å². The van der Waals surface area contributed by atoms with Crippen molar-refractivity contribution in [2.75, 3.05) is 0 Å². The largest absolute Gasteiger partial charge is 0.456 e. The summed E-state index contributed by atoms with van der Waals surface area (Å²) >= 11 is 0. The summed E-state index contributed by atoms with van der Waals surface area (Å²) in [7, 11) is 0. The van der Waals surface area contributed by atoms with E-state index in [0.29, 0.717) is 0 Å². The molecule has 0 bridgehead atoms. The van der Waals surface area contributed by atoms with Crippen molar-refractivity contribution in [3.05, 3.63) is 72.6 Å². The van der Waals surface area contributed by atoms with Gasteiger partial charge >= 0.3 is 0 Å². The molecule has 4 rings (SSSR count). The van der Waals surface area contributed by atoms with Crippen molar-refractivity contribution in [1.29, 1.82) is 0 Å². The van der Waals surface area contributed by atoms with Crippen molar-refractivity contribution in [2.45, 2.75) is 0 Å². The van der Waals surface area contributed by atoms with E-state index in [9.17, 15) is 0 Å². The summed E-state index contributed by atoms with van der Waals surface area (Å²) in [6, 6.07) is 17.9. The summed E-state index contributed by atoms with van der Waals surface area (Å²) in [4.78, 5) is 8.47. The number of aromatic nitrogens is 1. The first-order chi connectivity index (χ1) is 10.4. The third-order valence-electron chi connectivity index (χ3n) is 3.43. The second kappa shape index (κ2) is 4.87. The molecule has 3 heteroatoms. The zero-order valence-electron chi connectivity index (χ0n) is 11.2. The molecule has 21 heavy (non-hydrogen) atoms. The number of hydrogen-bond donors (Lipinski definition) is 0. The van der Waals surface area contributed by atoms with Crippen molar-refractivity contribution in [2.24, 2.45) is 4.99 Å². The number of pyridine rings is 1. The Hall–Kier alpha value is -2.94. The molecule has 0 aliphatic carbocycles. The first-order valence-corrected chi connectivity index (χ1v) is 6.75. The van der Waals surface area contributed by atoms with Crippen LogP contribution in [0, 0.1) is 0 Å². The lowest BCUT2D eigenvalue weighted by atomic mass is 10.1. The Morgan fingerprint density at radius 1 is 0.857 bits per heavy atom. The zero-order valence-corrected chi connectivity index (χ0v) is 11.2. The van der Waals surface area contributed by atoms with Gasteiger partial charge in [-0.25, -0.2) is 0 Å². The molecular formula is C18H12N2O. The molecule has 0 radical (unpaired) electrons. The maximum atomic E-state index is 5.86. The van der Waals surface area contributed by atoms with E-state index in [1.54, 1.807) is 12.4 Å². The van der Waals surface area contributed by atoms with E-state index in [0.717, 1.165) is 33.2 Å². The fourth-order valence-electron chi connectivity index (χ4n) is 2.39. The summed E-state index contributed by atoms with van der Waals surface area (Å²) < 4.78 is 5.86. The lowest BCUT2D eigenvalue weighted by molar-refractivity contribution is 0.669. The van der Waals surface area contributed by atoms with Crippen LogP contribution in [0.25, 0.3) is 21.9 Å². The number of aliphatic imine (C=N–C) groups is 1. The van der Waals surface area contributed by atoms with Crippen LogP contribution >= 0.6 is 0 Å². The fourth-order valence-corrected chi connectivity index (χ4v) is 2.39. The van der Waals surface area contributed by atoms with E-state index in [4.69, 9.17) is 4.42 Å². The van der Waals surface area contributed by atoms with E-state index in [-0.39, 0.29) is 0 Å². The van der Waals surface area contributed by atoms with Crippen LogP contribution in [0.2, 0.25) is 0 Å². The average molecular weight is 272 g/mol. The monoisotopic (exact) mass is 272 g/mol. The zero-order chi connectivity index (χ0) is 14.1. The molecule has 2 aromatic carbocycles. The van der Waals surface area contributed by atoms with Gasteiger partial charge in [-0.1, -0.05) is 18.2 Å². The van der Waals surface area contributed by atoms with Gasteiger partial charge in [-0.3, -0.25) is 9.98 Å². The van der Waals surface area contributed by atoms with Gasteiger partial charge < -0.3 is 4.42 Å². The Morgan fingerprint density at radius 2 is 1.67 bits per heavy atom. The summed E-state index contributed by atoms with van der Waals surface area (Å²) in [5, 5.41) is 2.26. The van der Waals surface area contributed by atoms with Crippen molar-refractivity contribution in [1.82, 2.24) is 4.98 Å². The molecule has 0 fully saturated rings. The number of nitrogens with zero attached hydrogens (tertiary/aromatic N) is 2. The van der Waals surface area contributed by atoms with Crippen LogP contribution in [0.4, 0.5) is 5.69 Å². The molecule has 0 aliphatic heterocycles. The molecule has 100 valence electrons. The SMILES string of the molecule is C(=Nc1ccc2c(c1)oc1ccccc12)c1ccncc1. The van der Waals surface area contributed by atoms with E-state index in [2.05, 4.69) is 22.1 Å². The Balaban J connectivity index is 1.77. The Labute approximate surface area is 121 Å². The van der Waals surface area contributed by atoms with Crippen molar-refractivity contribution in [3.63, 3.8) is 0 Å². The van der Waals surface area contributed by atoms with Gasteiger partial charge in [0, 0.05) is 35.4 Å². The lowest BCUT2D eigenvalue weighted by Crippen LogP contribution is -1.79. The Morgan fingerprint density at radius 3 is 2.57 bits per heavy atom. The van der Waals surface area contributed by atoms with E-state index < -0.39 is 0 Å². The van der Waals surface area contributed by atoms with Crippen LogP contribution in [-0.2, 0) is 0 Å². The van der Waals surface area contributed by atoms with Crippen LogP contribution in [-0.4, -0.2) is 11.2 Å². The highest BCUT2D eigenvalue weighted by Gasteiger charge is 2.05. The highest BCUT2D eigenvalue weighted by molar-refractivity contribution is 6.05.